The lowest BCUT2D eigenvalue weighted by Gasteiger charge is -2.27. The molecule has 6 heteroatoms. The number of nitrogens with zero attached hydrogens (tertiary/aromatic N) is 1. The SMILES string of the molecule is NC1CC[C@@H]2CN(C(=O)c3cc(F)c(Cl)cc3F)C[C@@H]2C1. The van der Waals surface area contributed by atoms with Gasteiger partial charge in [-0.3, -0.25) is 4.79 Å². The summed E-state index contributed by atoms with van der Waals surface area (Å²) in [6, 6.07) is 1.92. The summed E-state index contributed by atoms with van der Waals surface area (Å²) in [5.74, 6) is -1.23. The van der Waals surface area contributed by atoms with Crippen molar-refractivity contribution in [1.29, 1.82) is 0 Å². The number of halogens is 3. The number of carbonyl (C=O) groups excluding carboxylic acids is 1. The van der Waals surface area contributed by atoms with E-state index in [9.17, 15) is 13.6 Å². The van der Waals surface area contributed by atoms with E-state index >= 15 is 0 Å². The highest BCUT2D eigenvalue weighted by molar-refractivity contribution is 6.30. The van der Waals surface area contributed by atoms with Gasteiger partial charge in [0.1, 0.15) is 11.6 Å². The Labute approximate surface area is 127 Å². The maximum atomic E-state index is 13.8. The van der Waals surface area contributed by atoms with Crippen LogP contribution < -0.4 is 5.73 Å². The minimum Gasteiger partial charge on any atom is -0.338 e. The molecule has 0 aromatic heterocycles. The quantitative estimate of drug-likeness (QED) is 0.810. The van der Waals surface area contributed by atoms with Crippen LogP contribution in [0.5, 0.6) is 0 Å². The van der Waals surface area contributed by atoms with Crippen LogP contribution in [0.4, 0.5) is 8.78 Å². The maximum Gasteiger partial charge on any atom is 0.256 e. The average molecular weight is 315 g/mol. The molecule has 1 aliphatic heterocycles. The van der Waals surface area contributed by atoms with Crippen molar-refractivity contribution in [3.8, 4) is 0 Å². The van der Waals surface area contributed by atoms with Crippen molar-refractivity contribution in [3.05, 3.63) is 34.4 Å². The molecule has 21 heavy (non-hydrogen) atoms. The summed E-state index contributed by atoms with van der Waals surface area (Å²) in [6.07, 6.45) is 2.85. The van der Waals surface area contributed by atoms with Crippen molar-refractivity contribution in [2.24, 2.45) is 17.6 Å². The average Bonchev–Trinajstić information content (AvgIpc) is 2.85. The number of likely N-dealkylation sites (tertiary alicyclic amines) is 1. The van der Waals surface area contributed by atoms with Gasteiger partial charge < -0.3 is 10.6 Å². The van der Waals surface area contributed by atoms with Crippen LogP contribution in [0.1, 0.15) is 29.6 Å². The number of carbonyl (C=O) groups is 1. The first kappa shape index (κ1) is 14.7. The molecule has 1 saturated heterocycles. The maximum absolute atomic E-state index is 13.8. The number of hydrogen-bond donors (Lipinski definition) is 1. The molecule has 1 saturated carbocycles. The molecule has 1 heterocycles. The molecule has 0 spiro atoms. The van der Waals surface area contributed by atoms with Gasteiger partial charge in [-0.2, -0.15) is 0 Å². The number of amides is 1. The molecule has 0 radical (unpaired) electrons. The van der Waals surface area contributed by atoms with E-state index < -0.39 is 17.5 Å². The van der Waals surface area contributed by atoms with E-state index in [0.29, 0.717) is 24.9 Å². The highest BCUT2D eigenvalue weighted by Crippen LogP contribution is 2.36. The third-order valence-electron chi connectivity index (χ3n) is 4.62. The van der Waals surface area contributed by atoms with Gasteiger partial charge in [0.15, 0.2) is 0 Å². The molecule has 3 atom stereocenters. The molecule has 0 bridgehead atoms. The summed E-state index contributed by atoms with van der Waals surface area (Å²) in [7, 11) is 0. The summed E-state index contributed by atoms with van der Waals surface area (Å²) in [5.41, 5.74) is 5.71. The topological polar surface area (TPSA) is 46.3 Å². The summed E-state index contributed by atoms with van der Waals surface area (Å²) in [6.45, 7) is 1.17. The Morgan fingerprint density at radius 2 is 1.90 bits per heavy atom. The molecule has 1 aromatic carbocycles. The van der Waals surface area contributed by atoms with Crippen molar-refractivity contribution in [2.45, 2.75) is 25.3 Å². The number of benzene rings is 1. The van der Waals surface area contributed by atoms with Crippen LogP contribution in [0, 0.1) is 23.5 Å². The van der Waals surface area contributed by atoms with Crippen molar-refractivity contribution >= 4 is 17.5 Å². The van der Waals surface area contributed by atoms with Gasteiger partial charge in [-0.15, -0.1) is 0 Å². The highest BCUT2D eigenvalue weighted by atomic mass is 35.5. The summed E-state index contributed by atoms with van der Waals surface area (Å²) in [4.78, 5) is 14.0. The molecule has 2 fully saturated rings. The Kier molecular flexibility index (Phi) is 3.88. The van der Waals surface area contributed by atoms with E-state index in [-0.39, 0.29) is 16.6 Å². The Hall–Kier alpha value is -1.20. The van der Waals surface area contributed by atoms with Gasteiger partial charge in [-0.05, 0) is 43.2 Å². The standard InChI is InChI=1S/C15H17ClF2N2O/c16-12-5-13(17)11(4-14(12)18)15(21)20-6-8-1-2-10(19)3-9(8)7-20/h4-5,8-10H,1-3,6-7,19H2/t8-,9+,10?/m1/s1. The van der Waals surface area contributed by atoms with Gasteiger partial charge in [0, 0.05) is 19.1 Å². The largest absolute Gasteiger partial charge is 0.338 e. The van der Waals surface area contributed by atoms with Crippen LogP contribution in [0.25, 0.3) is 0 Å². The van der Waals surface area contributed by atoms with E-state index in [2.05, 4.69) is 0 Å². The molecule has 114 valence electrons. The van der Waals surface area contributed by atoms with E-state index in [1.54, 1.807) is 4.90 Å². The van der Waals surface area contributed by atoms with Crippen LogP contribution in [0.2, 0.25) is 5.02 Å². The Bertz CT molecular complexity index is 581. The van der Waals surface area contributed by atoms with Gasteiger partial charge in [0.2, 0.25) is 0 Å². The predicted molar refractivity (Wildman–Crippen MR) is 76.1 cm³/mol. The molecule has 1 amide bonds. The number of hydrogen-bond acceptors (Lipinski definition) is 2. The smallest absolute Gasteiger partial charge is 0.256 e. The Morgan fingerprint density at radius 1 is 1.19 bits per heavy atom. The minimum absolute atomic E-state index is 0.186. The highest BCUT2D eigenvalue weighted by Gasteiger charge is 2.39. The Balaban J connectivity index is 1.79. The lowest BCUT2D eigenvalue weighted by Crippen LogP contribution is -2.32. The number of fused-ring (bicyclic) bond motifs is 1. The summed E-state index contributed by atoms with van der Waals surface area (Å²) < 4.78 is 27.3. The van der Waals surface area contributed by atoms with E-state index in [1.165, 1.54) is 0 Å². The van der Waals surface area contributed by atoms with Crippen LogP contribution in [0.15, 0.2) is 12.1 Å². The number of nitrogens with two attached hydrogens (primary N) is 1. The van der Waals surface area contributed by atoms with Crippen LogP contribution in [-0.4, -0.2) is 29.9 Å². The second kappa shape index (κ2) is 5.54. The van der Waals surface area contributed by atoms with Gasteiger partial charge in [-0.25, -0.2) is 8.78 Å². The van der Waals surface area contributed by atoms with Crippen LogP contribution >= 0.6 is 11.6 Å². The molecule has 3 rings (SSSR count). The first-order chi connectivity index (χ1) is 9.95. The molecular formula is C15H17ClF2N2O. The first-order valence-electron chi connectivity index (χ1n) is 7.15. The molecular weight excluding hydrogens is 298 g/mol. The fourth-order valence-electron chi connectivity index (χ4n) is 3.49. The molecule has 2 N–H and O–H groups in total. The molecule has 3 nitrogen and oxygen atoms in total. The van der Waals surface area contributed by atoms with Gasteiger partial charge >= 0.3 is 0 Å². The predicted octanol–water partition coefficient (Wildman–Crippen LogP) is 2.82. The fourth-order valence-corrected chi connectivity index (χ4v) is 3.64. The van der Waals surface area contributed by atoms with Gasteiger partial charge in [0.05, 0.1) is 10.6 Å². The monoisotopic (exact) mass is 314 g/mol. The summed E-state index contributed by atoms with van der Waals surface area (Å²) in [5, 5.41) is -0.315. The third kappa shape index (κ3) is 2.77. The van der Waals surface area contributed by atoms with E-state index in [1.807, 2.05) is 0 Å². The molecule has 2 aliphatic rings. The fraction of sp³-hybridized carbons (Fsp3) is 0.533. The third-order valence-corrected chi connectivity index (χ3v) is 4.91. The van der Waals surface area contributed by atoms with Crippen molar-refractivity contribution in [2.75, 3.05) is 13.1 Å². The Morgan fingerprint density at radius 3 is 2.67 bits per heavy atom. The lowest BCUT2D eigenvalue weighted by atomic mass is 9.79. The molecule has 1 aliphatic carbocycles. The number of rotatable bonds is 1. The second-order valence-corrected chi connectivity index (χ2v) is 6.46. The second-order valence-electron chi connectivity index (χ2n) is 6.05. The van der Waals surface area contributed by atoms with Gasteiger partial charge in [-0.1, -0.05) is 11.6 Å². The van der Waals surface area contributed by atoms with Crippen molar-refractivity contribution in [1.82, 2.24) is 4.90 Å². The van der Waals surface area contributed by atoms with E-state index in [0.717, 1.165) is 31.4 Å². The van der Waals surface area contributed by atoms with E-state index in [4.69, 9.17) is 17.3 Å². The zero-order valence-corrected chi connectivity index (χ0v) is 12.2. The lowest BCUT2D eigenvalue weighted by molar-refractivity contribution is 0.0778. The van der Waals surface area contributed by atoms with Gasteiger partial charge in [0.25, 0.3) is 5.91 Å². The minimum atomic E-state index is -0.780. The van der Waals surface area contributed by atoms with Crippen LogP contribution in [-0.2, 0) is 0 Å². The first-order valence-corrected chi connectivity index (χ1v) is 7.53. The summed E-state index contributed by atoms with van der Waals surface area (Å²) >= 11 is 5.51. The zero-order valence-electron chi connectivity index (χ0n) is 11.5. The van der Waals surface area contributed by atoms with Crippen molar-refractivity contribution in [3.63, 3.8) is 0 Å². The zero-order chi connectivity index (χ0) is 15.1. The molecule has 1 aromatic rings. The van der Waals surface area contributed by atoms with Crippen molar-refractivity contribution < 1.29 is 13.6 Å². The molecule has 1 unspecified atom stereocenters. The van der Waals surface area contributed by atoms with Crippen LogP contribution in [0.3, 0.4) is 0 Å². The normalized spacial score (nSPS) is 28.6.